The Morgan fingerprint density at radius 3 is 2.42 bits per heavy atom. The maximum absolute atomic E-state index is 12.6. The van der Waals surface area contributed by atoms with Gasteiger partial charge in [-0.3, -0.25) is 9.59 Å². The van der Waals surface area contributed by atoms with E-state index in [0.717, 1.165) is 5.56 Å². The van der Waals surface area contributed by atoms with Crippen LogP contribution in [0.3, 0.4) is 0 Å². The molecule has 6 heteroatoms. The molecule has 2 aromatic rings. The molecule has 24 heavy (non-hydrogen) atoms. The fraction of sp³-hybridized carbons (Fsp3) is 0.333. The van der Waals surface area contributed by atoms with Crippen molar-refractivity contribution in [3.8, 4) is 0 Å². The largest absolute Gasteiger partial charge is 0.459 e. The first-order chi connectivity index (χ1) is 11.4. The predicted molar refractivity (Wildman–Crippen MR) is 92.8 cm³/mol. The van der Waals surface area contributed by atoms with Gasteiger partial charge in [0.15, 0.2) is 5.76 Å². The van der Waals surface area contributed by atoms with Crippen LogP contribution < -0.4 is 10.6 Å². The van der Waals surface area contributed by atoms with Crippen molar-refractivity contribution in [2.45, 2.75) is 32.9 Å². The number of carbonyl (C=O) groups is 2. The summed E-state index contributed by atoms with van der Waals surface area (Å²) in [5, 5.41) is 6.24. The van der Waals surface area contributed by atoms with Crippen molar-refractivity contribution in [2.24, 2.45) is 5.92 Å². The molecule has 0 radical (unpaired) electrons. The van der Waals surface area contributed by atoms with Crippen molar-refractivity contribution in [1.82, 2.24) is 10.6 Å². The summed E-state index contributed by atoms with van der Waals surface area (Å²) in [5.41, 5.74) is 0.899. The monoisotopic (exact) mass is 348 g/mol. The van der Waals surface area contributed by atoms with E-state index >= 15 is 0 Å². The highest BCUT2D eigenvalue weighted by Gasteiger charge is 2.26. The van der Waals surface area contributed by atoms with E-state index in [-0.39, 0.29) is 23.6 Å². The minimum atomic E-state index is -0.663. The summed E-state index contributed by atoms with van der Waals surface area (Å²) in [6.07, 6.45) is 1.42. The van der Waals surface area contributed by atoms with Gasteiger partial charge < -0.3 is 15.1 Å². The van der Waals surface area contributed by atoms with Gasteiger partial charge in [0.05, 0.1) is 12.3 Å². The second-order valence-corrected chi connectivity index (χ2v) is 6.39. The van der Waals surface area contributed by atoms with Crippen molar-refractivity contribution in [3.63, 3.8) is 0 Å². The lowest BCUT2D eigenvalue weighted by atomic mass is 10.0. The normalized spacial score (nSPS) is 13.4. The number of hydrogen-bond donors (Lipinski definition) is 2. The van der Waals surface area contributed by atoms with E-state index in [0.29, 0.717) is 5.02 Å². The van der Waals surface area contributed by atoms with Crippen LogP contribution in [0.15, 0.2) is 47.1 Å². The molecule has 128 valence electrons. The zero-order chi connectivity index (χ0) is 17.7. The lowest BCUT2D eigenvalue weighted by Crippen LogP contribution is -2.50. The smallest absolute Gasteiger partial charge is 0.287 e. The third kappa shape index (κ3) is 4.61. The summed E-state index contributed by atoms with van der Waals surface area (Å²) in [4.78, 5) is 24.7. The molecular weight excluding hydrogens is 328 g/mol. The number of hydrogen-bond acceptors (Lipinski definition) is 3. The van der Waals surface area contributed by atoms with Gasteiger partial charge in [-0.2, -0.15) is 0 Å². The van der Waals surface area contributed by atoms with Crippen LogP contribution in [-0.4, -0.2) is 17.9 Å². The Hall–Kier alpha value is -2.27. The Labute approximate surface area is 146 Å². The molecule has 2 rings (SSSR count). The topological polar surface area (TPSA) is 71.3 Å². The third-order valence-corrected chi connectivity index (χ3v) is 3.92. The molecule has 1 aromatic heterocycles. The number of amides is 2. The number of carbonyl (C=O) groups excluding carboxylic acids is 2. The van der Waals surface area contributed by atoms with Crippen molar-refractivity contribution < 1.29 is 14.0 Å². The summed E-state index contributed by atoms with van der Waals surface area (Å²) in [7, 11) is 0. The summed E-state index contributed by atoms with van der Waals surface area (Å²) in [6, 6.07) is 9.60. The van der Waals surface area contributed by atoms with Gasteiger partial charge in [0.2, 0.25) is 5.91 Å². The van der Waals surface area contributed by atoms with Gasteiger partial charge in [0, 0.05) is 5.02 Å². The van der Waals surface area contributed by atoms with Crippen LogP contribution in [0.1, 0.15) is 42.9 Å². The Kier molecular flexibility index (Phi) is 6.04. The standard InChI is InChI=1S/C18H21ClN2O3/c1-11(2)16(21-17(22)15-8-5-9-24-15)18(23)20-12(3)13-6-4-7-14(19)10-13/h4-12,16H,1-3H3,(H,20,23)(H,21,22). The molecule has 0 aliphatic carbocycles. The molecule has 2 atom stereocenters. The van der Waals surface area contributed by atoms with E-state index in [1.807, 2.05) is 32.9 Å². The summed E-state index contributed by atoms with van der Waals surface area (Å²) >= 11 is 5.98. The van der Waals surface area contributed by atoms with E-state index in [1.54, 1.807) is 24.3 Å². The van der Waals surface area contributed by atoms with E-state index in [2.05, 4.69) is 10.6 Å². The van der Waals surface area contributed by atoms with Gasteiger partial charge in [0.1, 0.15) is 6.04 Å². The molecule has 1 heterocycles. The minimum absolute atomic E-state index is 0.0736. The zero-order valence-electron chi connectivity index (χ0n) is 13.9. The molecule has 0 saturated heterocycles. The molecule has 0 aliphatic rings. The summed E-state index contributed by atoms with van der Waals surface area (Å²) in [5.74, 6) is -0.562. The van der Waals surface area contributed by atoms with Crippen molar-refractivity contribution >= 4 is 23.4 Å². The number of nitrogens with one attached hydrogen (secondary N) is 2. The maximum atomic E-state index is 12.6. The molecule has 1 aromatic carbocycles. The highest BCUT2D eigenvalue weighted by atomic mass is 35.5. The van der Waals surface area contributed by atoms with Crippen molar-refractivity contribution in [3.05, 3.63) is 59.0 Å². The average molecular weight is 349 g/mol. The first kappa shape index (κ1) is 18.1. The highest BCUT2D eigenvalue weighted by molar-refractivity contribution is 6.30. The molecule has 0 fully saturated rings. The van der Waals surface area contributed by atoms with E-state index in [4.69, 9.17) is 16.0 Å². The van der Waals surface area contributed by atoms with E-state index < -0.39 is 11.9 Å². The lowest BCUT2D eigenvalue weighted by Gasteiger charge is -2.24. The highest BCUT2D eigenvalue weighted by Crippen LogP contribution is 2.18. The molecule has 2 unspecified atom stereocenters. The lowest BCUT2D eigenvalue weighted by molar-refractivity contribution is -0.124. The molecule has 0 saturated carbocycles. The summed E-state index contributed by atoms with van der Waals surface area (Å²) in [6.45, 7) is 5.61. The Bertz CT molecular complexity index is 698. The number of halogens is 1. The van der Waals surface area contributed by atoms with Crippen molar-refractivity contribution in [1.29, 1.82) is 0 Å². The van der Waals surface area contributed by atoms with Crippen LogP contribution in [0, 0.1) is 5.92 Å². The molecule has 0 bridgehead atoms. The molecule has 2 N–H and O–H groups in total. The second kappa shape index (κ2) is 8.02. The van der Waals surface area contributed by atoms with Crippen molar-refractivity contribution in [2.75, 3.05) is 0 Å². The molecular formula is C18H21ClN2O3. The molecule has 5 nitrogen and oxygen atoms in total. The maximum Gasteiger partial charge on any atom is 0.287 e. The second-order valence-electron chi connectivity index (χ2n) is 5.96. The van der Waals surface area contributed by atoms with Crippen LogP contribution in [-0.2, 0) is 4.79 Å². The van der Waals surface area contributed by atoms with Gasteiger partial charge in [-0.25, -0.2) is 0 Å². The van der Waals surface area contributed by atoms with Gasteiger partial charge in [-0.05, 0) is 42.7 Å². The van der Waals surface area contributed by atoms with Crippen LogP contribution in [0.4, 0.5) is 0 Å². The van der Waals surface area contributed by atoms with Gasteiger partial charge in [-0.15, -0.1) is 0 Å². The van der Waals surface area contributed by atoms with Gasteiger partial charge in [0.25, 0.3) is 5.91 Å². The number of benzene rings is 1. The number of furan rings is 1. The van der Waals surface area contributed by atoms with Crippen LogP contribution in [0.25, 0.3) is 0 Å². The van der Waals surface area contributed by atoms with Gasteiger partial charge >= 0.3 is 0 Å². The quantitative estimate of drug-likeness (QED) is 0.838. The summed E-state index contributed by atoms with van der Waals surface area (Å²) < 4.78 is 5.06. The fourth-order valence-electron chi connectivity index (χ4n) is 2.32. The predicted octanol–water partition coefficient (Wildman–Crippen LogP) is 3.56. The van der Waals surface area contributed by atoms with Gasteiger partial charge in [-0.1, -0.05) is 37.6 Å². The molecule has 0 aliphatic heterocycles. The van der Waals surface area contributed by atoms with E-state index in [1.165, 1.54) is 6.26 Å². The average Bonchev–Trinajstić information content (AvgIpc) is 3.06. The Balaban J connectivity index is 2.04. The SMILES string of the molecule is CC(NC(=O)C(NC(=O)c1ccco1)C(C)C)c1cccc(Cl)c1. The fourth-order valence-corrected chi connectivity index (χ4v) is 2.52. The van der Waals surface area contributed by atoms with E-state index in [9.17, 15) is 9.59 Å². The first-order valence-electron chi connectivity index (χ1n) is 7.78. The first-order valence-corrected chi connectivity index (χ1v) is 8.16. The van der Waals surface area contributed by atoms with Crippen LogP contribution in [0.5, 0.6) is 0 Å². The third-order valence-electron chi connectivity index (χ3n) is 3.69. The Morgan fingerprint density at radius 1 is 1.08 bits per heavy atom. The minimum Gasteiger partial charge on any atom is -0.459 e. The van der Waals surface area contributed by atoms with Crippen LogP contribution in [0.2, 0.25) is 5.02 Å². The molecule has 2 amide bonds. The molecule has 0 spiro atoms. The number of rotatable bonds is 6. The Morgan fingerprint density at radius 2 is 1.83 bits per heavy atom. The zero-order valence-corrected chi connectivity index (χ0v) is 14.6. The van der Waals surface area contributed by atoms with Crippen LogP contribution >= 0.6 is 11.6 Å².